The Morgan fingerprint density at radius 3 is 2.52 bits per heavy atom. The van der Waals surface area contributed by atoms with Gasteiger partial charge in [0, 0.05) is 24.3 Å². The molecule has 0 saturated heterocycles. The quantitative estimate of drug-likeness (QED) is 0.473. The number of carbonyl (C=O) groups excluding carboxylic acids is 1. The topological polar surface area (TPSA) is 56.8 Å². The lowest BCUT2D eigenvalue weighted by atomic mass is 10.3. The Bertz CT molecular complexity index is 781. The Morgan fingerprint density at radius 2 is 1.85 bits per heavy atom. The van der Waals surface area contributed by atoms with E-state index < -0.39 is 17.7 Å². The van der Waals surface area contributed by atoms with Crippen LogP contribution in [0.1, 0.15) is 6.42 Å². The van der Waals surface area contributed by atoms with Gasteiger partial charge in [0.25, 0.3) is 0 Å². The van der Waals surface area contributed by atoms with E-state index in [-0.39, 0.29) is 30.5 Å². The van der Waals surface area contributed by atoms with Crippen molar-refractivity contribution < 1.29 is 27.8 Å². The molecule has 144 valence electrons. The highest BCUT2D eigenvalue weighted by atomic mass is 35.5. The molecule has 0 aliphatic rings. The zero-order chi connectivity index (χ0) is 19.6. The first-order chi connectivity index (χ1) is 13.0. The molecule has 0 saturated carbocycles. The molecule has 0 radical (unpaired) electrons. The van der Waals surface area contributed by atoms with Gasteiger partial charge in [0.1, 0.15) is 35.5 Å². The van der Waals surface area contributed by atoms with Gasteiger partial charge >= 0.3 is 6.09 Å². The predicted molar refractivity (Wildman–Crippen MR) is 97.5 cm³/mol. The summed E-state index contributed by atoms with van der Waals surface area (Å²) in [4.78, 5) is 11.3. The number of hydrogen-bond donors (Lipinski definition) is 1. The van der Waals surface area contributed by atoms with E-state index in [1.165, 1.54) is 6.07 Å². The second-order valence-corrected chi connectivity index (χ2v) is 5.70. The molecule has 5 nitrogen and oxygen atoms in total. The van der Waals surface area contributed by atoms with E-state index in [2.05, 4.69) is 11.9 Å². The highest BCUT2D eigenvalue weighted by Gasteiger charge is 2.08. The van der Waals surface area contributed by atoms with Gasteiger partial charge in [-0.3, -0.25) is 0 Å². The van der Waals surface area contributed by atoms with Crippen LogP contribution in [0.2, 0.25) is 5.02 Å². The van der Waals surface area contributed by atoms with Crippen molar-refractivity contribution in [1.82, 2.24) is 5.32 Å². The molecule has 1 N–H and O–H groups in total. The monoisotopic (exact) mass is 397 g/mol. The summed E-state index contributed by atoms with van der Waals surface area (Å²) >= 11 is 6.11. The normalized spacial score (nSPS) is 10.2. The fourth-order valence-electron chi connectivity index (χ4n) is 1.99. The first-order valence-corrected chi connectivity index (χ1v) is 8.43. The number of carbonyl (C=O) groups is 1. The molecule has 0 aromatic heterocycles. The van der Waals surface area contributed by atoms with Crippen LogP contribution in [0.5, 0.6) is 17.2 Å². The van der Waals surface area contributed by atoms with E-state index in [1.807, 2.05) is 0 Å². The Morgan fingerprint density at radius 1 is 1.11 bits per heavy atom. The molecule has 2 aromatic rings. The molecule has 0 heterocycles. The fraction of sp³-hybridized carbons (Fsp3) is 0.211. The third kappa shape index (κ3) is 7.15. The SMILES string of the molecule is C=CCCOC(=O)NCCOc1ccc(Oc2cc(F)cc(F)c2)cc1Cl. The third-order valence-electron chi connectivity index (χ3n) is 3.16. The smallest absolute Gasteiger partial charge is 0.407 e. The summed E-state index contributed by atoms with van der Waals surface area (Å²) in [5.74, 6) is -0.813. The van der Waals surface area contributed by atoms with Gasteiger partial charge in [-0.25, -0.2) is 13.6 Å². The van der Waals surface area contributed by atoms with Crippen LogP contribution in [-0.2, 0) is 4.74 Å². The number of rotatable bonds is 9. The Labute approximate surface area is 160 Å². The molecule has 0 spiro atoms. The van der Waals surface area contributed by atoms with Gasteiger partial charge in [0.05, 0.1) is 18.2 Å². The molecule has 0 atom stereocenters. The summed E-state index contributed by atoms with van der Waals surface area (Å²) in [7, 11) is 0. The van der Waals surface area contributed by atoms with Crippen LogP contribution in [-0.4, -0.2) is 25.9 Å². The van der Waals surface area contributed by atoms with Crippen molar-refractivity contribution in [2.75, 3.05) is 19.8 Å². The molecule has 2 aromatic carbocycles. The maximum atomic E-state index is 13.2. The van der Waals surface area contributed by atoms with Crippen LogP contribution in [0.4, 0.5) is 13.6 Å². The van der Waals surface area contributed by atoms with E-state index in [1.54, 1.807) is 18.2 Å². The zero-order valence-electron chi connectivity index (χ0n) is 14.3. The Hall–Kier alpha value is -2.80. The van der Waals surface area contributed by atoms with Crippen molar-refractivity contribution in [2.24, 2.45) is 0 Å². The molecule has 0 aliphatic heterocycles. The summed E-state index contributed by atoms with van der Waals surface area (Å²) in [5, 5.41) is 2.77. The number of hydrogen-bond acceptors (Lipinski definition) is 4. The number of amides is 1. The number of halogens is 3. The minimum absolute atomic E-state index is 0.0106. The predicted octanol–water partition coefficient (Wildman–Crippen LogP) is 5.09. The number of benzene rings is 2. The second kappa shape index (κ2) is 10.4. The summed E-state index contributed by atoms with van der Waals surface area (Å²) in [6.07, 6.45) is 1.69. The lowest BCUT2D eigenvalue weighted by molar-refractivity contribution is 0.146. The maximum absolute atomic E-state index is 13.2. The standard InChI is InChI=1S/C19H18ClF2NO4/c1-2-3-7-26-19(24)23-6-8-25-18-5-4-15(12-17(18)20)27-16-10-13(21)9-14(22)11-16/h2,4-5,9-12H,1,3,6-8H2,(H,23,24). The molecule has 0 fully saturated rings. The van der Waals surface area contributed by atoms with Gasteiger partial charge in [-0.05, 0) is 18.6 Å². The largest absolute Gasteiger partial charge is 0.490 e. The van der Waals surface area contributed by atoms with Gasteiger partial charge in [0.15, 0.2) is 0 Å². The van der Waals surface area contributed by atoms with Gasteiger partial charge in [-0.1, -0.05) is 17.7 Å². The van der Waals surface area contributed by atoms with Crippen LogP contribution >= 0.6 is 11.6 Å². The minimum Gasteiger partial charge on any atom is -0.490 e. The first-order valence-electron chi connectivity index (χ1n) is 8.06. The number of nitrogens with one attached hydrogen (secondary N) is 1. The van der Waals surface area contributed by atoms with E-state index in [0.717, 1.165) is 18.2 Å². The molecular weight excluding hydrogens is 380 g/mol. The maximum Gasteiger partial charge on any atom is 0.407 e. The lowest BCUT2D eigenvalue weighted by Crippen LogP contribution is -2.28. The molecular formula is C19H18ClF2NO4. The molecule has 1 amide bonds. The van der Waals surface area contributed by atoms with Crippen molar-refractivity contribution in [3.63, 3.8) is 0 Å². The molecule has 8 heteroatoms. The van der Waals surface area contributed by atoms with Gasteiger partial charge in [0.2, 0.25) is 0 Å². The van der Waals surface area contributed by atoms with Crippen molar-refractivity contribution in [3.8, 4) is 17.2 Å². The van der Waals surface area contributed by atoms with Crippen molar-refractivity contribution in [3.05, 3.63) is 65.7 Å². The van der Waals surface area contributed by atoms with E-state index in [9.17, 15) is 13.6 Å². The van der Waals surface area contributed by atoms with Crippen LogP contribution < -0.4 is 14.8 Å². The van der Waals surface area contributed by atoms with Gasteiger partial charge in [-0.2, -0.15) is 0 Å². The van der Waals surface area contributed by atoms with Crippen LogP contribution in [0.15, 0.2) is 49.1 Å². The molecule has 2 rings (SSSR count). The average Bonchev–Trinajstić information content (AvgIpc) is 2.59. The lowest BCUT2D eigenvalue weighted by Gasteiger charge is -2.11. The van der Waals surface area contributed by atoms with Crippen LogP contribution in [0, 0.1) is 11.6 Å². The van der Waals surface area contributed by atoms with Crippen LogP contribution in [0.3, 0.4) is 0 Å². The van der Waals surface area contributed by atoms with Gasteiger partial charge < -0.3 is 19.5 Å². The van der Waals surface area contributed by atoms with Crippen molar-refractivity contribution in [2.45, 2.75) is 6.42 Å². The zero-order valence-corrected chi connectivity index (χ0v) is 15.1. The van der Waals surface area contributed by atoms with E-state index >= 15 is 0 Å². The molecule has 0 unspecified atom stereocenters. The molecule has 0 bridgehead atoms. The Kier molecular flexibility index (Phi) is 7.88. The van der Waals surface area contributed by atoms with E-state index in [4.69, 9.17) is 25.8 Å². The van der Waals surface area contributed by atoms with Gasteiger partial charge in [-0.15, -0.1) is 6.58 Å². The van der Waals surface area contributed by atoms with Crippen molar-refractivity contribution >= 4 is 17.7 Å². The average molecular weight is 398 g/mol. The first kappa shape index (κ1) is 20.5. The Balaban J connectivity index is 1.82. The summed E-state index contributed by atoms with van der Waals surface area (Å²) in [5.41, 5.74) is 0. The molecule has 0 aliphatic carbocycles. The van der Waals surface area contributed by atoms with Crippen LogP contribution in [0.25, 0.3) is 0 Å². The van der Waals surface area contributed by atoms with Crippen molar-refractivity contribution in [1.29, 1.82) is 0 Å². The molecule has 27 heavy (non-hydrogen) atoms. The minimum atomic E-state index is -0.744. The fourth-order valence-corrected chi connectivity index (χ4v) is 2.21. The number of alkyl carbamates (subject to hydrolysis) is 1. The summed E-state index contributed by atoms with van der Waals surface area (Å²) in [6.45, 7) is 4.19. The second-order valence-electron chi connectivity index (χ2n) is 5.29. The highest BCUT2D eigenvalue weighted by Crippen LogP contribution is 2.31. The highest BCUT2D eigenvalue weighted by molar-refractivity contribution is 6.32. The third-order valence-corrected chi connectivity index (χ3v) is 3.45. The summed E-state index contributed by atoms with van der Waals surface area (Å²) < 4.78 is 42.1. The van der Waals surface area contributed by atoms with E-state index in [0.29, 0.717) is 17.9 Å². The number of ether oxygens (including phenoxy) is 3. The summed E-state index contributed by atoms with van der Waals surface area (Å²) in [6, 6.07) is 7.41.